The minimum absolute atomic E-state index is 0.172. The average molecular weight is 965 g/mol. The number of hydrogen-bond donors (Lipinski definition) is 1. The van der Waals surface area contributed by atoms with Gasteiger partial charge in [0.1, 0.15) is 13.2 Å². The van der Waals surface area contributed by atoms with Gasteiger partial charge in [0.25, 0.3) is 6.29 Å². The monoisotopic (exact) mass is 965 g/mol. The summed E-state index contributed by atoms with van der Waals surface area (Å²) >= 11 is 0. The number of carbonyl (C=O) groups is 3. The molecule has 0 rings (SSSR count). The van der Waals surface area contributed by atoms with Crippen molar-refractivity contribution >= 4 is 17.9 Å². The summed E-state index contributed by atoms with van der Waals surface area (Å²) in [6.45, 7) is 4.67. The third kappa shape index (κ3) is 51.9. The maximum absolute atomic E-state index is 12.8. The smallest absolute Gasteiger partial charge is 0.361 e. The van der Waals surface area contributed by atoms with Crippen molar-refractivity contribution in [2.24, 2.45) is 0 Å². The second-order valence-electron chi connectivity index (χ2n) is 19.2. The number of carbonyl (C=O) groups excluding carboxylic acids is 2. The van der Waals surface area contributed by atoms with Gasteiger partial charge in [-0.2, -0.15) is 0 Å². The summed E-state index contributed by atoms with van der Waals surface area (Å²) < 4.78 is 22.8. The highest BCUT2D eigenvalue weighted by Gasteiger charge is 2.25. The molecule has 0 saturated heterocycles. The fourth-order valence-corrected chi connectivity index (χ4v) is 7.11. The van der Waals surface area contributed by atoms with Gasteiger partial charge >= 0.3 is 17.9 Å². The second-order valence-corrected chi connectivity index (χ2v) is 19.2. The Morgan fingerprint density at radius 3 is 1.28 bits per heavy atom. The van der Waals surface area contributed by atoms with Crippen LogP contribution in [0.4, 0.5) is 0 Å². The fraction of sp³-hybridized carbons (Fsp3) is 0.683. The van der Waals surface area contributed by atoms with Gasteiger partial charge in [-0.3, -0.25) is 9.59 Å². The highest BCUT2D eigenvalue weighted by atomic mass is 16.7. The molecule has 0 aliphatic carbocycles. The van der Waals surface area contributed by atoms with Gasteiger partial charge < -0.3 is 28.5 Å². The summed E-state index contributed by atoms with van der Waals surface area (Å²) in [5.74, 6) is -2.10. The normalized spacial score (nSPS) is 13.6. The minimum atomic E-state index is -1.53. The summed E-state index contributed by atoms with van der Waals surface area (Å²) in [7, 11) is 5.94. The van der Waals surface area contributed by atoms with Crippen molar-refractivity contribution < 1.29 is 42.9 Å². The number of likely N-dealkylation sites (N-methyl/N-ethyl adjacent to an activating group) is 1. The van der Waals surface area contributed by atoms with Gasteiger partial charge in [0.2, 0.25) is 0 Å². The number of nitrogens with zero attached hydrogens (tertiary/aromatic N) is 1. The van der Waals surface area contributed by atoms with Gasteiger partial charge in [0, 0.05) is 12.8 Å². The molecule has 69 heavy (non-hydrogen) atoms. The average Bonchev–Trinajstić information content (AvgIpc) is 3.31. The van der Waals surface area contributed by atoms with Gasteiger partial charge in [0.05, 0.1) is 34.4 Å². The molecule has 0 bridgehead atoms. The first-order valence-electron chi connectivity index (χ1n) is 27.4. The first kappa shape index (κ1) is 65.2. The molecule has 0 aliphatic heterocycles. The molecule has 1 N–H and O–H groups in total. The van der Waals surface area contributed by atoms with E-state index in [0.29, 0.717) is 17.4 Å². The van der Waals surface area contributed by atoms with Crippen molar-refractivity contribution in [1.29, 1.82) is 0 Å². The van der Waals surface area contributed by atoms with Crippen LogP contribution >= 0.6 is 0 Å². The van der Waals surface area contributed by atoms with Crippen molar-refractivity contribution in [1.82, 2.24) is 0 Å². The molecule has 0 radical (unpaired) electrons. The second kappa shape index (κ2) is 50.6. The Morgan fingerprint density at radius 1 is 0.449 bits per heavy atom. The molecule has 0 aliphatic rings. The molecule has 0 aromatic carbocycles. The van der Waals surface area contributed by atoms with E-state index in [0.717, 1.165) is 70.6 Å². The molecular weight excluding hydrogens is 863 g/mol. The van der Waals surface area contributed by atoms with Gasteiger partial charge in [-0.25, -0.2) is 4.79 Å². The number of hydrogen-bond acceptors (Lipinski definition) is 7. The van der Waals surface area contributed by atoms with Gasteiger partial charge in [-0.05, 0) is 89.9 Å². The number of carboxylic acids is 1. The quantitative estimate of drug-likeness (QED) is 0.0211. The first-order valence-corrected chi connectivity index (χ1v) is 27.4. The molecule has 0 heterocycles. The third-order valence-electron chi connectivity index (χ3n) is 11.3. The van der Waals surface area contributed by atoms with E-state index in [-0.39, 0.29) is 38.6 Å². The van der Waals surface area contributed by atoms with E-state index in [1.165, 1.54) is 103 Å². The summed E-state index contributed by atoms with van der Waals surface area (Å²) in [6, 6.07) is 0. The van der Waals surface area contributed by atoms with Crippen LogP contribution in [0.5, 0.6) is 0 Å². The van der Waals surface area contributed by atoms with Crippen molar-refractivity contribution in [3.05, 3.63) is 97.2 Å². The SMILES string of the molecule is CC/C=C\C/C=C\C/C=C\C/C=C\C/C=C\CCCC(=O)OC(COC(=O)CCCCCCCCCCCCCC/C=C\C/C=C\C/C=C\CCCCCCC)COC(OCC[N+](C)(C)C)C(=O)O. The van der Waals surface area contributed by atoms with E-state index in [1.54, 1.807) is 0 Å². The summed E-state index contributed by atoms with van der Waals surface area (Å²) in [5.41, 5.74) is 0. The van der Waals surface area contributed by atoms with E-state index in [2.05, 4.69) is 111 Å². The Bertz CT molecular complexity index is 1450. The van der Waals surface area contributed by atoms with Crippen molar-refractivity contribution in [2.45, 2.75) is 219 Å². The number of allylic oxidation sites excluding steroid dienone is 16. The third-order valence-corrected chi connectivity index (χ3v) is 11.3. The lowest BCUT2D eigenvalue weighted by Gasteiger charge is -2.25. The number of quaternary nitrogens is 1. The Balaban J connectivity index is 4.32. The molecule has 0 amide bonds. The van der Waals surface area contributed by atoms with E-state index in [1.807, 2.05) is 21.1 Å². The van der Waals surface area contributed by atoms with Crippen LogP contribution in [0, 0.1) is 0 Å². The highest BCUT2D eigenvalue weighted by molar-refractivity contribution is 5.71. The molecule has 2 unspecified atom stereocenters. The van der Waals surface area contributed by atoms with Crippen LogP contribution in [-0.4, -0.2) is 87.4 Å². The Labute approximate surface area is 422 Å². The predicted octanol–water partition coefficient (Wildman–Crippen LogP) is 15.8. The van der Waals surface area contributed by atoms with Crippen LogP contribution < -0.4 is 0 Å². The largest absolute Gasteiger partial charge is 0.477 e. The molecule has 2 atom stereocenters. The molecule has 0 spiro atoms. The number of esters is 2. The number of unbranched alkanes of at least 4 members (excludes halogenated alkanes) is 18. The van der Waals surface area contributed by atoms with E-state index in [9.17, 15) is 19.5 Å². The zero-order valence-corrected chi connectivity index (χ0v) is 44.7. The van der Waals surface area contributed by atoms with E-state index >= 15 is 0 Å². The number of ether oxygens (including phenoxy) is 4. The fourth-order valence-electron chi connectivity index (χ4n) is 7.11. The van der Waals surface area contributed by atoms with Gasteiger partial charge in [-0.15, -0.1) is 0 Å². The molecule has 0 fully saturated rings. The molecule has 9 heteroatoms. The number of rotatable bonds is 49. The lowest BCUT2D eigenvalue weighted by Crippen LogP contribution is -2.40. The number of carboxylic acid groups (broad SMARTS) is 1. The molecule has 0 saturated carbocycles. The van der Waals surface area contributed by atoms with Gasteiger partial charge in [0.15, 0.2) is 6.10 Å². The van der Waals surface area contributed by atoms with Crippen molar-refractivity contribution in [3.8, 4) is 0 Å². The standard InChI is InChI=1S/C60H101NO8/c1-6-8-10-12-14-16-18-20-22-24-25-26-27-28-29-30-31-32-33-35-36-38-40-42-44-46-48-50-57(62)67-54-56(55-68-60(59(64)65)66-53-52-61(3,4)5)69-58(63)51-49-47-45-43-41-39-37-34-23-21-19-17-15-13-11-9-7-2/h9,11,15,17-18,20-21,23-25,27-28,37,39,43,45,56,60H,6-8,10,12-14,16,19,22,26,29-36,38,40-42,44,46-55H2,1-5H3/p+1/b11-9-,17-15-,20-18-,23-21-,25-24-,28-27-,39-37-,45-43-. The molecule has 0 aromatic heterocycles. The zero-order valence-electron chi connectivity index (χ0n) is 44.7. The molecule has 394 valence electrons. The topological polar surface area (TPSA) is 108 Å². The predicted molar refractivity (Wildman–Crippen MR) is 290 cm³/mol. The lowest BCUT2D eigenvalue weighted by atomic mass is 10.0. The summed E-state index contributed by atoms with van der Waals surface area (Å²) in [5, 5.41) is 9.68. The minimum Gasteiger partial charge on any atom is -0.477 e. The highest BCUT2D eigenvalue weighted by Crippen LogP contribution is 2.14. The van der Waals surface area contributed by atoms with Crippen LogP contribution in [0.3, 0.4) is 0 Å². The molecular formula is C60H102NO8+. The van der Waals surface area contributed by atoms with Gasteiger partial charge in [-0.1, -0.05) is 201 Å². The Morgan fingerprint density at radius 2 is 0.841 bits per heavy atom. The molecule has 9 nitrogen and oxygen atoms in total. The number of aliphatic carboxylic acids is 1. The summed E-state index contributed by atoms with van der Waals surface area (Å²) in [6.07, 6.45) is 64.9. The van der Waals surface area contributed by atoms with Crippen LogP contribution in [0.15, 0.2) is 97.2 Å². The first-order chi connectivity index (χ1) is 33.6. The Hall–Kier alpha value is -3.79. The maximum atomic E-state index is 12.8. The van der Waals surface area contributed by atoms with Crippen LogP contribution in [0.2, 0.25) is 0 Å². The van der Waals surface area contributed by atoms with Crippen molar-refractivity contribution in [2.75, 3.05) is 47.5 Å². The van der Waals surface area contributed by atoms with Crippen LogP contribution in [0.1, 0.15) is 206 Å². The van der Waals surface area contributed by atoms with Crippen molar-refractivity contribution in [3.63, 3.8) is 0 Å². The lowest BCUT2D eigenvalue weighted by molar-refractivity contribution is -0.870. The maximum Gasteiger partial charge on any atom is 0.361 e. The van der Waals surface area contributed by atoms with E-state index in [4.69, 9.17) is 18.9 Å². The van der Waals surface area contributed by atoms with E-state index < -0.39 is 24.3 Å². The van der Waals surface area contributed by atoms with Crippen LogP contribution in [-0.2, 0) is 33.3 Å². The Kier molecular flexibility index (Phi) is 47.8. The van der Waals surface area contributed by atoms with Crippen LogP contribution in [0.25, 0.3) is 0 Å². The molecule has 0 aromatic rings. The summed E-state index contributed by atoms with van der Waals surface area (Å²) in [4.78, 5) is 37.3. The zero-order chi connectivity index (χ0) is 50.6.